The minimum Gasteiger partial charge on any atom is -0.335 e. The molecule has 3 heterocycles. The SMILES string of the molecule is [B]1N(c2ncccn2)c2ccccc2N1c1ncccn1. The van der Waals surface area contributed by atoms with Gasteiger partial charge < -0.3 is 9.62 Å². The Kier molecular flexibility index (Phi) is 2.74. The topological polar surface area (TPSA) is 58.0 Å². The van der Waals surface area contributed by atoms with Gasteiger partial charge in [-0.05, 0) is 24.3 Å². The van der Waals surface area contributed by atoms with Crippen LogP contribution in [0.2, 0.25) is 0 Å². The van der Waals surface area contributed by atoms with E-state index in [0.29, 0.717) is 11.9 Å². The van der Waals surface area contributed by atoms with Crippen LogP contribution < -0.4 is 9.62 Å². The summed E-state index contributed by atoms with van der Waals surface area (Å²) in [5.74, 6) is 1.23. The Morgan fingerprint density at radius 2 is 1.05 bits per heavy atom. The number of rotatable bonds is 2. The third-order valence-electron chi connectivity index (χ3n) is 3.17. The molecule has 1 radical (unpaired) electrons. The van der Waals surface area contributed by atoms with E-state index in [1.54, 1.807) is 36.9 Å². The molecule has 0 aliphatic carbocycles. The molecular formula is C14H10BN6. The molecule has 0 spiro atoms. The van der Waals surface area contributed by atoms with Crippen LogP contribution in [0.4, 0.5) is 23.3 Å². The number of benzene rings is 1. The molecule has 2 aromatic heterocycles. The first kappa shape index (κ1) is 11.8. The molecule has 1 aliphatic rings. The van der Waals surface area contributed by atoms with Gasteiger partial charge in [-0.15, -0.1) is 0 Å². The Labute approximate surface area is 122 Å². The molecule has 0 fully saturated rings. The van der Waals surface area contributed by atoms with Crippen molar-refractivity contribution in [3.05, 3.63) is 61.2 Å². The molecule has 99 valence electrons. The van der Waals surface area contributed by atoms with Crippen molar-refractivity contribution in [3.8, 4) is 0 Å². The fourth-order valence-electron chi connectivity index (χ4n) is 2.26. The first-order valence-corrected chi connectivity index (χ1v) is 6.50. The molecule has 0 unspecified atom stereocenters. The van der Waals surface area contributed by atoms with E-state index in [0.717, 1.165) is 11.4 Å². The van der Waals surface area contributed by atoms with E-state index in [4.69, 9.17) is 0 Å². The third-order valence-corrected chi connectivity index (χ3v) is 3.17. The average molecular weight is 273 g/mol. The molecule has 0 atom stereocenters. The van der Waals surface area contributed by atoms with Crippen molar-refractivity contribution < 1.29 is 0 Å². The molecule has 0 saturated heterocycles. The first-order chi connectivity index (χ1) is 10.4. The van der Waals surface area contributed by atoms with Crippen molar-refractivity contribution in [2.45, 2.75) is 0 Å². The second-order valence-corrected chi connectivity index (χ2v) is 4.44. The third kappa shape index (κ3) is 1.99. The van der Waals surface area contributed by atoms with Crippen LogP contribution in [0, 0.1) is 0 Å². The van der Waals surface area contributed by atoms with Gasteiger partial charge in [-0.25, -0.2) is 19.9 Å². The summed E-state index contributed by atoms with van der Waals surface area (Å²) in [6, 6.07) is 11.6. The number of nitrogens with zero attached hydrogens (tertiary/aromatic N) is 6. The molecule has 0 amide bonds. The molecular weight excluding hydrogens is 263 g/mol. The maximum absolute atomic E-state index is 4.30. The highest BCUT2D eigenvalue weighted by molar-refractivity contribution is 6.54. The van der Waals surface area contributed by atoms with Crippen LogP contribution in [0.5, 0.6) is 0 Å². The predicted octanol–water partition coefficient (Wildman–Crippen LogP) is 2.09. The molecule has 6 nitrogen and oxygen atoms in total. The van der Waals surface area contributed by atoms with Gasteiger partial charge in [0.2, 0.25) is 11.9 Å². The normalized spacial score (nSPS) is 13.0. The van der Waals surface area contributed by atoms with Gasteiger partial charge in [0, 0.05) is 24.8 Å². The highest BCUT2D eigenvalue weighted by atomic mass is 15.4. The monoisotopic (exact) mass is 273 g/mol. The second kappa shape index (κ2) is 4.86. The van der Waals surface area contributed by atoms with E-state index >= 15 is 0 Å². The Morgan fingerprint density at radius 3 is 1.48 bits per heavy atom. The fraction of sp³-hybridized carbons (Fsp3) is 0. The van der Waals surface area contributed by atoms with Gasteiger partial charge in [0.1, 0.15) is 0 Å². The van der Waals surface area contributed by atoms with Crippen molar-refractivity contribution in [1.29, 1.82) is 0 Å². The smallest absolute Gasteiger partial charge is 0.335 e. The van der Waals surface area contributed by atoms with Crippen molar-refractivity contribution in [2.75, 3.05) is 9.62 Å². The molecule has 1 aliphatic heterocycles. The summed E-state index contributed by atoms with van der Waals surface area (Å²) in [6.07, 6.45) is 6.89. The van der Waals surface area contributed by atoms with Gasteiger partial charge in [-0.1, -0.05) is 12.1 Å². The maximum Gasteiger partial charge on any atom is 0.406 e. The predicted molar refractivity (Wildman–Crippen MR) is 80.5 cm³/mol. The van der Waals surface area contributed by atoms with Gasteiger partial charge >= 0.3 is 7.55 Å². The van der Waals surface area contributed by atoms with Crippen LogP contribution in [0.15, 0.2) is 61.2 Å². The molecule has 0 N–H and O–H groups in total. The summed E-state index contributed by atoms with van der Waals surface area (Å²) >= 11 is 0. The van der Waals surface area contributed by atoms with Crippen LogP contribution in [-0.4, -0.2) is 27.5 Å². The highest BCUT2D eigenvalue weighted by Gasteiger charge is 2.32. The number of hydrogen-bond donors (Lipinski definition) is 0. The van der Waals surface area contributed by atoms with Crippen LogP contribution >= 0.6 is 0 Å². The highest BCUT2D eigenvalue weighted by Crippen LogP contribution is 2.40. The Morgan fingerprint density at radius 1 is 0.619 bits per heavy atom. The molecule has 21 heavy (non-hydrogen) atoms. The van der Waals surface area contributed by atoms with E-state index in [9.17, 15) is 0 Å². The van der Waals surface area contributed by atoms with Crippen LogP contribution in [0.25, 0.3) is 0 Å². The number of fused-ring (bicyclic) bond motifs is 1. The van der Waals surface area contributed by atoms with E-state index in [2.05, 4.69) is 19.9 Å². The fourth-order valence-corrected chi connectivity index (χ4v) is 2.26. The van der Waals surface area contributed by atoms with E-state index in [1.807, 2.05) is 41.4 Å². The largest absolute Gasteiger partial charge is 0.406 e. The van der Waals surface area contributed by atoms with Gasteiger partial charge in [-0.2, -0.15) is 0 Å². The lowest BCUT2D eigenvalue weighted by Crippen LogP contribution is -2.30. The van der Waals surface area contributed by atoms with E-state index < -0.39 is 0 Å². The summed E-state index contributed by atoms with van der Waals surface area (Å²) in [4.78, 5) is 21.1. The zero-order valence-corrected chi connectivity index (χ0v) is 11.0. The molecule has 7 heteroatoms. The summed E-state index contributed by atoms with van der Waals surface area (Å²) < 4.78 is 0. The molecule has 1 aromatic carbocycles. The van der Waals surface area contributed by atoms with Gasteiger partial charge in [0.05, 0.1) is 11.4 Å². The second-order valence-electron chi connectivity index (χ2n) is 4.44. The lowest BCUT2D eigenvalue weighted by molar-refractivity contribution is 1.11. The quantitative estimate of drug-likeness (QED) is 0.666. The Bertz CT molecular complexity index is 687. The minimum atomic E-state index is 0.614. The number of anilines is 4. The lowest BCUT2D eigenvalue weighted by atomic mass is 10.1. The minimum absolute atomic E-state index is 0.614. The Hall–Kier alpha value is -2.96. The van der Waals surface area contributed by atoms with Crippen molar-refractivity contribution in [1.82, 2.24) is 19.9 Å². The van der Waals surface area contributed by atoms with Gasteiger partial charge in [0.15, 0.2) is 0 Å². The van der Waals surface area contributed by atoms with Crippen molar-refractivity contribution >= 4 is 30.8 Å². The number of para-hydroxylation sites is 2. The lowest BCUT2D eigenvalue weighted by Gasteiger charge is -2.16. The van der Waals surface area contributed by atoms with E-state index in [1.165, 1.54) is 0 Å². The standard InChI is InChI=1S/C14H10BN6/c1-2-6-12-11(5-1)20(13-16-7-3-8-17-13)15-21(12)14-18-9-4-10-19-14/h1-10H. The number of aromatic nitrogens is 4. The first-order valence-electron chi connectivity index (χ1n) is 6.50. The number of hydrogen-bond acceptors (Lipinski definition) is 6. The van der Waals surface area contributed by atoms with E-state index in [-0.39, 0.29) is 0 Å². The van der Waals surface area contributed by atoms with Crippen LogP contribution in [0.1, 0.15) is 0 Å². The summed E-state index contributed by atoms with van der Waals surface area (Å²) in [6.45, 7) is 0. The van der Waals surface area contributed by atoms with Crippen LogP contribution in [-0.2, 0) is 0 Å². The summed E-state index contributed by atoms with van der Waals surface area (Å²) in [7, 11) is 1.90. The summed E-state index contributed by atoms with van der Waals surface area (Å²) in [5, 5.41) is 0. The molecule has 0 saturated carbocycles. The zero-order chi connectivity index (χ0) is 14.1. The molecule has 0 bridgehead atoms. The van der Waals surface area contributed by atoms with Crippen molar-refractivity contribution in [2.24, 2.45) is 0 Å². The Balaban J connectivity index is 1.81. The summed E-state index contributed by atoms with van der Waals surface area (Å²) in [5.41, 5.74) is 1.99. The maximum atomic E-state index is 4.30. The van der Waals surface area contributed by atoms with Crippen LogP contribution in [0.3, 0.4) is 0 Å². The zero-order valence-electron chi connectivity index (χ0n) is 11.0. The molecule has 3 aromatic rings. The van der Waals surface area contributed by atoms with Gasteiger partial charge in [-0.3, -0.25) is 0 Å². The van der Waals surface area contributed by atoms with Crippen molar-refractivity contribution in [3.63, 3.8) is 0 Å². The van der Waals surface area contributed by atoms with Gasteiger partial charge in [0.25, 0.3) is 0 Å². The average Bonchev–Trinajstić information content (AvgIpc) is 2.96. The molecule has 4 rings (SSSR count).